The molecule has 6 nitrogen and oxygen atoms in total. The summed E-state index contributed by atoms with van der Waals surface area (Å²) in [4.78, 5) is 14.9. The SMILES string of the molecule is COCCS(=O)(=O)N1CCC(C(=O)N2CCCc3ccccc32)CC1. The van der Waals surface area contributed by atoms with Crippen molar-refractivity contribution in [3.05, 3.63) is 29.8 Å². The molecule has 0 N–H and O–H groups in total. The van der Waals surface area contributed by atoms with E-state index in [0.29, 0.717) is 25.9 Å². The lowest BCUT2D eigenvalue weighted by molar-refractivity contribution is -0.123. The Labute approximate surface area is 149 Å². The maximum atomic E-state index is 13.0. The van der Waals surface area contributed by atoms with Crippen molar-refractivity contribution in [3.63, 3.8) is 0 Å². The normalized spacial score (nSPS) is 19.6. The summed E-state index contributed by atoms with van der Waals surface area (Å²) in [5.74, 6) is 0.0443. The standard InChI is InChI=1S/C18H26N2O4S/c1-24-13-14-25(22,23)19-11-8-16(9-12-19)18(21)20-10-4-6-15-5-2-3-7-17(15)20/h2-3,5,7,16H,4,6,8-14H2,1H3. The molecular formula is C18H26N2O4S. The fraction of sp³-hybridized carbons (Fsp3) is 0.611. The Bertz CT molecular complexity index is 712. The highest BCUT2D eigenvalue weighted by atomic mass is 32.2. The van der Waals surface area contributed by atoms with Crippen LogP contribution < -0.4 is 4.90 Å². The van der Waals surface area contributed by atoms with Crippen molar-refractivity contribution in [2.75, 3.05) is 44.0 Å². The average Bonchev–Trinajstić information content (AvgIpc) is 2.65. The Kier molecular flexibility index (Phi) is 5.76. The molecule has 2 aliphatic rings. The lowest BCUT2D eigenvalue weighted by Crippen LogP contribution is -2.46. The highest BCUT2D eigenvalue weighted by molar-refractivity contribution is 7.89. The van der Waals surface area contributed by atoms with Gasteiger partial charge in [0.2, 0.25) is 15.9 Å². The first kappa shape index (κ1) is 18.4. The summed E-state index contributed by atoms with van der Waals surface area (Å²) in [5, 5.41) is 0. The molecule has 1 amide bonds. The van der Waals surface area contributed by atoms with Gasteiger partial charge < -0.3 is 9.64 Å². The van der Waals surface area contributed by atoms with Crippen LogP contribution in [0.25, 0.3) is 0 Å². The van der Waals surface area contributed by atoms with Crippen molar-refractivity contribution >= 4 is 21.6 Å². The molecule has 0 unspecified atom stereocenters. The molecule has 0 spiro atoms. The van der Waals surface area contributed by atoms with E-state index in [-0.39, 0.29) is 24.2 Å². The number of sulfonamides is 1. The summed E-state index contributed by atoms with van der Waals surface area (Å²) in [7, 11) is -1.79. The molecule has 0 bridgehead atoms. The van der Waals surface area contributed by atoms with Gasteiger partial charge in [-0.3, -0.25) is 4.79 Å². The van der Waals surface area contributed by atoms with E-state index in [1.54, 1.807) is 0 Å². The second-order valence-corrected chi connectivity index (χ2v) is 8.79. The predicted octanol–water partition coefficient (Wildman–Crippen LogP) is 1.65. The number of amides is 1. The van der Waals surface area contributed by atoms with Gasteiger partial charge in [0.25, 0.3) is 0 Å². The average molecular weight is 366 g/mol. The number of rotatable bonds is 5. The lowest BCUT2D eigenvalue weighted by atomic mass is 9.94. The fourth-order valence-electron chi connectivity index (χ4n) is 3.68. The maximum absolute atomic E-state index is 13.0. The van der Waals surface area contributed by atoms with Crippen LogP contribution in [0.5, 0.6) is 0 Å². The highest BCUT2D eigenvalue weighted by Crippen LogP contribution is 2.30. The smallest absolute Gasteiger partial charge is 0.230 e. The molecule has 2 heterocycles. The number of nitrogens with zero attached hydrogens (tertiary/aromatic N) is 2. The Morgan fingerprint density at radius 1 is 1.20 bits per heavy atom. The minimum Gasteiger partial charge on any atom is -0.384 e. The molecule has 7 heteroatoms. The molecule has 0 aliphatic carbocycles. The van der Waals surface area contributed by atoms with Gasteiger partial charge in [-0.15, -0.1) is 0 Å². The second kappa shape index (κ2) is 7.85. The zero-order valence-electron chi connectivity index (χ0n) is 14.7. The first-order valence-corrected chi connectivity index (χ1v) is 10.5. The van der Waals surface area contributed by atoms with E-state index in [2.05, 4.69) is 6.07 Å². The van der Waals surface area contributed by atoms with Gasteiger partial charge in [0.1, 0.15) is 0 Å². The van der Waals surface area contributed by atoms with Crippen LogP contribution >= 0.6 is 0 Å². The maximum Gasteiger partial charge on any atom is 0.230 e. The summed E-state index contributed by atoms with van der Waals surface area (Å²) in [6, 6.07) is 8.07. The van der Waals surface area contributed by atoms with Crippen LogP contribution in [-0.4, -0.2) is 57.7 Å². The highest BCUT2D eigenvalue weighted by Gasteiger charge is 2.34. The van der Waals surface area contributed by atoms with Crippen molar-refractivity contribution in [1.82, 2.24) is 4.31 Å². The number of carbonyl (C=O) groups is 1. The molecule has 1 fully saturated rings. The number of carbonyl (C=O) groups excluding carboxylic acids is 1. The van der Waals surface area contributed by atoms with Crippen molar-refractivity contribution in [1.29, 1.82) is 0 Å². The minimum absolute atomic E-state index is 0.00160. The third-order valence-electron chi connectivity index (χ3n) is 5.12. The molecule has 0 atom stereocenters. The topological polar surface area (TPSA) is 66.9 Å². The molecule has 25 heavy (non-hydrogen) atoms. The van der Waals surface area contributed by atoms with Gasteiger partial charge in [-0.25, -0.2) is 12.7 Å². The molecule has 1 aromatic carbocycles. The summed E-state index contributed by atoms with van der Waals surface area (Å²) < 4.78 is 30.8. The Balaban J connectivity index is 1.63. The van der Waals surface area contributed by atoms with Crippen molar-refractivity contribution in [3.8, 4) is 0 Å². The number of hydrogen-bond acceptors (Lipinski definition) is 4. The quantitative estimate of drug-likeness (QED) is 0.795. The van der Waals surface area contributed by atoms with Gasteiger partial charge in [0.05, 0.1) is 12.4 Å². The number of piperidine rings is 1. The van der Waals surface area contributed by atoms with Crippen LogP contribution in [0.2, 0.25) is 0 Å². The zero-order chi connectivity index (χ0) is 17.9. The molecule has 2 aliphatic heterocycles. The molecule has 1 aromatic rings. The van der Waals surface area contributed by atoms with E-state index in [4.69, 9.17) is 4.74 Å². The summed E-state index contributed by atoms with van der Waals surface area (Å²) in [6.07, 6.45) is 3.16. The van der Waals surface area contributed by atoms with Crippen LogP contribution in [0.15, 0.2) is 24.3 Å². The summed E-state index contributed by atoms with van der Waals surface area (Å²) in [5.41, 5.74) is 2.25. The Morgan fingerprint density at radius 2 is 1.92 bits per heavy atom. The monoisotopic (exact) mass is 366 g/mol. The molecular weight excluding hydrogens is 340 g/mol. The molecule has 0 saturated carbocycles. The first-order valence-electron chi connectivity index (χ1n) is 8.89. The molecule has 0 radical (unpaired) electrons. The van der Waals surface area contributed by atoms with Crippen LogP contribution in [0.3, 0.4) is 0 Å². The molecule has 0 aromatic heterocycles. The van der Waals surface area contributed by atoms with Crippen molar-refractivity contribution in [2.45, 2.75) is 25.7 Å². The summed E-state index contributed by atoms with van der Waals surface area (Å²) >= 11 is 0. The van der Waals surface area contributed by atoms with Gasteiger partial charge in [-0.2, -0.15) is 0 Å². The van der Waals surface area contributed by atoms with Crippen LogP contribution in [-0.2, 0) is 26.0 Å². The minimum atomic E-state index is -3.28. The predicted molar refractivity (Wildman–Crippen MR) is 97.1 cm³/mol. The fourth-order valence-corrected chi connectivity index (χ4v) is 5.08. The lowest BCUT2D eigenvalue weighted by Gasteiger charge is -2.36. The van der Waals surface area contributed by atoms with Crippen LogP contribution in [0.1, 0.15) is 24.8 Å². The van der Waals surface area contributed by atoms with E-state index in [0.717, 1.165) is 25.1 Å². The second-order valence-electron chi connectivity index (χ2n) is 6.70. The zero-order valence-corrected chi connectivity index (χ0v) is 15.5. The largest absolute Gasteiger partial charge is 0.384 e. The third kappa shape index (κ3) is 4.04. The van der Waals surface area contributed by atoms with Gasteiger partial charge in [0.15, 0.2) is 0 Å². The van der Waals surface area contributed by atoms with E-state index in [1.165, 1.54) is 17.0 Å². The van der Waals surface area contributed by atoms with E-state index >= 15 is 0 Å². The molecule has 3 rings (SSSR count). The third-order valence-corrected chi connectivity index (χ3v) is 6.95. The van der Waals surface area contributed by atoms with Crippen molar-refractivity contribution < 1.29 is 17.9 Å². The van der Waals surface area contributed by atoms with E-state index < -0.39 is 10.0 Å². The first-order chi connectivity index (χ1) is 12.0. The number of ether oxygens (including phenoxy) is 1. The van der Waals surface area contributed by atoms with E-state index in [9.17, 15) is 13.2 Å². The van der Waals surface area contributed by atoms with E-state index in [1.807, 2.05) is 23.1 Å². The number of benzene rings is 1. The number of methoxy groups -OCH3 is 1. The van der Waals surface area contributed by atoms with Gasteiger partial charge in [-0.1, -0.05) is 18.2 Å². The van der Waals surface area contributed by atoms with Gasteiger partial charge in [-0.05, 0) is 37.3 Å². The van der Waals surface area contributed by atoms with Crippen molar-refractivity contribution in [2.24, 2.45) is 5.92 Å². The number of aryl methyl sites for hydroxylation is 1. The Morgan fingerprint density at radius 3 is 2.64 bits per heavy atom. The number of para-hydroxylation sites is 1. The number of fused-ring (bicyclic) bond motifs is 1. The number of anilines is 1. The van der Waals surface area contributed by atoms with Crippen LogP contribution in [0.4, 0.5) is 5.69 Å². The molecule has 138 valence electrons. The van der Waals surface area contributed by atoms with Crippen LogP contribution in [0, 0.1) is 5.92 Å². The molecule has 1 saturated heterocycles. The number of hydrogen-bond donors (Lipinski definition) is 0. The van der Waals surface area contributed by atoms with Gasteiger partial charge in [0, 0.05) is 38.3 Å². The Hall–Kier alpha value is -1.44. The van der Waals surface area contributed by atoms with Gasteiger partial charge >= 0.3 is 0 Å². The summed E-state index contributed by atoms with van der Waals surface area (Å²) in [6.45, 7) is 1.78.